The van der Waals surface area contributed by atoms with Crippen molar-refractivity contribution in [3.8, 4) is 0 Å². The van der Waals surface area contributed by atoms with Crippen LogP contribution in [0.25, 0.3) is 0 Å². The Morgan fingerprint density at radius 2 is 2.25 bits per heavy atom. The van der Waals surface area contributed by atoms with Crippen LogP contribution in [0.1, 0.15) is 32.9 Å². The second kappa shape index (κ2) is 5.92. The van der Waals surface area contributed by atoms with E-state index in [4.69, 9.17) is 4.74 Å². The van der Waals surface area contributed by atoms with E-state index < -0.39 is 0 Å². The van der Waals surface area contributed by atoms with Crippen LogP contribution >= 0.6 is 0 Å². The van der Waals surface area contributed by atoms with Crippen molar-refractivity contribution in [3.63, 3.8) is 0 Å². The van der Waals surface area contributed by atoms with Gasteiger partial charge in [0.15, 0.2) is 0 Å². The fourth-order valence-electron chi connectivity index (χ4n) is 1.60. The summed E-state index contributed by atoms with van der Waals surface area (Å²) in [5.41, 5.74) is 0.874. The van der Waals surface area contributed by atoms with Crippen molar-refractivity contribution < 1.29 is 4.74 Å². The van der Waals surface area contributed by atoms with E-state index in [2.05, 4.69) is 36.3 Å². The second-order valence-electron chi connectivity index (χ2n) is 4.66. The molecule has 1 atom stereocenters. The molecule has 1 N–H and O–H groups in total. The second-order valence-corrected chi connectivity index (χ2v) is 4.66. The number of hydrogen-bond acceptors (Lipinski definition) is 4. The number of hydrogen-bond donors (Lipinski definition) is 1. The Labute approximate surface area is 97.4 Å². The molecule has 1 aromatic rings. The van der Waals surface area contributed by atoms with Gasteiger partial charge in [0.05, 0.1) is 11.3 Å². The predicted octanol–water partition coefficient (Wildman–Crippen LogP) is 1.77. The van der Waals surface area contributed by atoms with Crippen LogP contribution in [-0.2, 0) is 11.3 Å². The van der Waals surface area contributed by atoms with Gasteiger partial charge in [-0.05, 0) is 39.3 Å². The number of nitrogens with one attached hydrogen (secondary N) is 1. The zero-order valence-electron chi connectivity index (χ0n) is 10.5. The van der Waals surface area contributed by atoms with Gasteiger partial charge in [-0.3, -0.25) is 0 Å². The minimum Gasteiger partial charge on any atom is -0.379 e. The summed E-state index contributed by atoms with van der Waals surface area (Å²) in [6, 6.07) is 4.25. The molecule has 0 saturated carbocycles. The maximum absolute atomic E-state index is 5.39. The molecule has 0 aliphatic carbocycles. The largest absolute Gasteiger partial charge is 0.379 e. The standard InChI is InChI=1S/C12H21N3O/c1-10(8-12(2,3)16-4)13-9-11-6-5-7-14-15-11/h5-7,10,13H,8-9H2,1-4H3. The topological polar surface area (TPSA) is 47.0 Å². The molecule has 16 heavy (non-hydrogen) atoms. The fraction of sp³-hybridized carbons (Fsp3) is 0.667. The van der Waals surface area contributed by atoms with Gasteiger partial charge in [-0.25, -0.2) is 0 Å². The zero-order valence-corrected chi connectivity index (χ0v) is 10.5. The molecule has 0 aromatic carbocycles. The van der Waals surface area contributed by atoms with E-state index in [0.29, 0.717) is 6.04 Å². The molecule has 1 heterocycles. The average molecular weight is 223 g/mol. The van der Waals surface area contributed by atoms with Crippen LogP contribution in [0.2, 0.25) is 0 Å². The summed E-state index contributed by atoms with van der Waals surface area (Å²) in [5, 5.41) is 11.3. The number of rotatable bonds is 6. The Balaban J connectivity index is 2.33. The smallest absolute Gasteiger partial charge is 0.0769 e. The van der Waals surface area contributed by atoms with Crippen molar-refractivity contribution in [3.05, 3.63) is 24.0 Å². The monoisotopic (exact) mass is 223 g/mol. The first-order valence-electron chi connectivity index (χ1n) is 5.58. The lowest BCUT2D eigenvalue weighted by Gasteiger charge is -2.27. The summed E-state index contributed by atoms with van der Waals surface area (Å²) in [6.45, 7) is 7.08. The SMILES string of the molecule is COC(C)(C)CC(C)NCc1cccnn1. The lowest BCUT2D eigenvalue weighted by Crippen LogP contribution is -2.35. The van der Waals surface area contributed by atoms with Crippen molar-refractivity contribution in [1.82, 2.24) is 15.5 Å². The molecule has 0 fully saturated rings. The van der Waals surface area contributed by atoms with Gasteiger partial charge in [-0.1, -0.05) is 0 Å². The first-order chi connectivity index (χ1) is 7.53. The Bertz CT molecular complexity index is 300. The number of nitrogens with zero attached hydrogens (tertiary/aromatic N) is 2. The van der Waals surface area contributed by atoms with E-state index in [1.165, 1.54) is 0 Å². The zero-order chi connectivity index (χ0) is 12.0. The predicted molar refractivity (Wildman–Crippen MR) is 64.0 cm³/mol. The van der Waals surface area contributed by atoms with Crippen LogP contribution in [0, 0.1) is 0 Å². The summed E-state index contributed by atoms with van der Waals surface area (Å²) < 4.78 is 5.39. The molecule has 4 heteroatoms. The molecule has 1 aromatic heterocycles. The van der Waals surface area contributed by atoms with E-state index in [1.807, 2.05) is 12.1 Å². The molecular formula is C12H21N3O. The van der Waals surface area contributed by atoms with E-state index in [1.54, 1.807) is 13.3 Å². The van der Waals surface area contributed by atoms with Gasteiger partial charge >= 0.3 is 0 Å². The van der Waals surface area contributed by atoms with Gasteiger partial charge in [0.25, 0.3) is 0 Å². The van der Waals surface area contributed by atoms with Crippen molar-refractivity contribution in [2.24, 2.45) is 0 Å². The molecule has 0 radical (unpaired) electrons. The van der Waals surface area contributed by atoms with E-state index in [9.17, 15) is 0 Å². The molecule has 1 rings (SSSR count). The summed E-state index contributed by atoms with van der Waals surface area (Å²) in [4.78, 5) is 0. The van der Waals surface area contributed by atoms with E-state index >= 15 is 0 Å². The third-order valence-corrected chi connectivity index (χ3v) is 2.61. The van der Waals surface area contributed by atoms with Crippen LogP contribution in [0.4, 0.5) is 0 Å². The maximum atomic E-state index is 5.39. The third kappa shape index (κ3) is 4.68. The summed E-state index contributed by atoms with van der Waals surface area (Å²) >= 11 is 0. The summed E-state index contributed by atoms with van der Waals surface area (Å²) in [5.74, 6) is 0. The van der Waals surface area contributed by atoms with Gasteiger partial charge < -0.3 is 10.1 Å². The molecule has 0 bridgehead atoms. The first kappa shape index (κ1) is 13.1. The highest BCUT2D eigenvalue weighted by Gasteiger charge is 2.19. The minimum atomic E-state index is -0.0885. The van der Waals surface area contributed by atoms with Gasteiger partial charge in [-0.2, -0.15) is 10.2 Å². The molecule has 1 unspecified atom stereocenters. The molecule has 0 spiro atoms. The quantitative estimate of drug-likeness (QED) is 0.798. The molecule has 90 valence electrons. The Kier molecular flexibility index (Phi) is 4.83. The van der Waals surface area contributed by atoms with Crippen molar-refractivity contribution in [1.29, 1.82) is 0 Å². The Hall–Kier alpha value is -1.00. The van der Waals surface area contributed by atoms with Crippen LogP contribution in [0.15, 0.2) is 18.3 Å². The minimum absolute atomic E-state index is 0.0885. The molecule has 0 saturated heterocycles. The van der Waals surface area contributed by atoms with Crippen molar-refractivity contribution in [2.75, 3.05) is 7.11 Å². The molecule has 0 aliphatic rings. The fourth-order valence-corrected chi connectivity index (χ4v) is 1.60. The van der Waals surface area contributed by atoms with Gasteiger partial charge in [0.1, 0.15) is 0 Å². The van der Waals surface area contributed by atoms with E-state index in [0.717, 1.165) is 18.7 Å². The molecule has 0 aliphatic heterocycles. The normalized spacial score (nSPS) is 13.8. The number of methoxy groups -OCH3 is 1. The molecule has 0 amide bonds. The van der Waals surface area contributed by atoms with E-state index in [-0.39, 0.29) is 5.60 Å². The summed E-state index contributed by atoms with van der Waals surface area (Å²) in [7, 11) is 1.75. The highest BCUT2D eigenvalue weighted by molar-refractivity contribution is 4.98. The van der Waals surface area contributed by atoms with Crippen LogP contribution in [-0.4, -0.2) is 29.0 Å². The highest BCUT2D eigenvalue weighted by Crippen LogP contribution is 2.15. The third-order valence-electron chi connectivity index (χ3n) is 2.61. The maximum Gasteiger partial charge on any atom is 0.0769 e. The van der Waals surface area contributed by atoms with Crippen molar-refractivity contribution in [2.45, 2.75) is 45.4 Å². The van der Waals surface area contributed by atoms with Gasteiger partial charge in [-0.15, -0.1) is 0 Å². The number of ether oxygens (including phenoxy) is 1. The Morgan fingerprint density at radius 3 is 2.81 bits per heavy atom. The van der Waals surface area contributed by atoms with Crippen LogP contribution in [0.5, 0.6) is 0 Å². The van der Waals surface area contributed by atoms with Crippen molar-refractivity contribution >= 4 is 0 Å². The first-order valence-corrected chi connectivity index (χ1v) is 5.58. The highest BCUT2D eigenvalue weighted by atomic mass is 16.5. The summed E-state index contributed by atoms with van der Waals surface area (Å²) in [6.07, 6.45) is 2.64. The van der Waals surface area contributed by atoms with Gasteiger partial charge in [0, 0.05) is 25.9 Å². The average Bonchev–Trinajstić information content (AvgIpc) is 2.27. The Morgan fingerprint density at radius 1 is 1.50 bits per heavy atom. The lowest BCUT2D eigenvalue weighted by atomic mass is 10.00. The van der Waals surface area contributed by atoms with Gasteiger partial charge in [0.2, 0.25) is 0 Å². The van der Waals surface area contributed by atoms with Crippen LogP contribution < -0.4 is 5.32 Å². The van der Waals surface area contributed by atoms with Crippen LogP contribution in [0.3, 0.4) is 0 Å². The lowest BCUT2D eigenvalue weighted by molar-refractivity contribution is 0.00842. The number of aromatic nitrogens is 2. The molecular weight excluding hydrogens is 202 g/mol. The molecule has 4 nitrogen and oxygen atoms in total.